The third kappa shape index (κ3) is 3.04. The van der Waals surface area contributed by atoms with Crippen LogP contribution in [-0.2, 0) is 11.8 Å². The van der Waals surface area contributed by atoms with E-state index in [2.05, 4.69) is 20.3 Å². The molecule has 9 heteroatoms. The second-order valence-electron chi connectivity index (χ2n) is 6.58. The van der Waals surface area contributed by atoms with Crippen LogP contribution in [0.2, 0.25) is 0 Å². The van der Waals surface area contributed by atoms with Gasteiger partial charge in [-0.15, -0.1) is 0 Å². The standard InChI is InChI=1S/C18H19N7O2/c1-11-7-12(8-19)20-9-14(11)22-17-21-10-15-16(23-17)25(18(26)24(15)2)13-3-5-27-6-4-13/h7,9-10,13H,3-6H2,1-2H3,(H,21,22,23). The monoisotopic (exact) mass is 365 g/mol. The summed E-state index contributed by atoms with van der Waals surface area (Å²) in [4.78, 5) is 25.7. The van der Waals surface area contributed by atoms with E-state index in [4.69, 9.17) is 10.00 Å². The van der Waals surface area contributed by atoms with Crippen LogP contribution >= 0.6 is 0 Å². The number of ether oxygens (including phenoxy) is 1. The Balaban J connectivity index is 1.75. The molecular formula is C18H19N7O2. The van der Waals surface area contributed by atoms with Gasteiger partial charge in [-0.25, -0.2) is 14.8 Å². The summed E-state index contributed by atoms with van der Waals surface area (Å²) < 4.78 is 8.73. The van der Waals surface area contributed by atoms with Crippen LogP contribution in [0, 0.1) is 18.3 Å². The topological polar surface area (TPSA) is 111 Å². The maximum atomic E-state index is 12.7. The molecule has 0 spiro atoms. The van der Waals surface area contributed by atoms with Gasteiger partial charge in [0.15, 0.2) is 5.65 Å². The molecule has 0 radical (unpaired) electrons. The van der Waals surface area contributed by atoms with Gasteiger partial charge in [-0.1, -0.05) is 0 Å². The summed E-state index contributed by atoms with van der Waals surface area (Å²) >= 11 is 0. The van der Waals surface area contributed by atoms with Crippen molar-refractivity contribution in [3.63, 3.8) is 0 Å². The zero-order valence-electron chi connectivity index (χ0n) is 15.1. The van der Waals surface area contributed by atoms with E-state index in [1.165, 1.54) is 0 Å². The number of fused-ring (bicyclic) bond motifs is 1. The molecule has 1 aliphatic rings. The molecular weight excluding hydrogens is 346 g/mol. The summed E-state index contributed by atoms with van der Waals surface area (Å²) in [5, 5.41) is 12.1. The lowest BCUT2D eigenvalue weighted by Crippen LogP contribution is -2.30. The number of anilines is 2. The van der Waals surface area contributed by atoms with Crippen LogP contribution in [0.5, 0.6) is 0 Å². The molecule has 0 saturated carbocycles. The van der Waals surface area contributed by atoms with Gasteiger partial charge in [-0.05, 0) is 31.4 Å². The van der Waals surface area contributed by atoms with E-state index in [9.17, 15) is 4.79 Å². The van der Waals surface area contributed by atoms with E-state index in [0.29, 0.717) is 41.7 Å². The normalized spacial score (nSPS) is 15.0. The minimum Gasteiger partial charge on any atom is -0.381 e. The first-order valence-electron chi connectivity index (χ1n) is 8.74. The molecule has 4 heterocycles. The maximum Gasteiger partial charge on any atom is 0.330 e. The van der Waals surface area contributed by atoms with E-state index in [-0.39, 0.29) is 11.7 Å². The number of nitrogens with one attached hydrogen (secondary N) is 1. The van der Waals surface area contributed by atoms with E-state index in [1.54, 1.807) is 34.6 Å². The van der Waals surface area contributed by atoms with Crippen molar-refractivity contribution in [2.24, 2.45) is 7.05 Å². The SMILES string of the molecule is Cc1cc(C#N)ncc1Nc1ncc2c(n1)n(C1CCOCC1)c(=O)n2C. The lowest BCUT2D eigenvalue weighted by Gasteiger charge is -2.22. The van der Waals surface area contributed by atoms with Gasteiger partial charge in [-0.2, -0.15) is 10.2 Å². The third-order valence-electron chi connectivity index (χ3n) is 4.86. The molecule has 4 rings (SSSR count). The molecule has 1 aliphatic heterocycles. The van der Waals surface area contributed by atoms with Gasteiger partial charge in [-0.3, -0.25) is 9.13 Å². The van der Waals surface area contributed by atoms with Crippen molar-refractivity contribution in [1.29, 1.82) is 5.26 Å². The van der Waals surface area contributed by atoms with Crippen molar-refractivity contribution in [2.75, 3.05) is 18.5 Å². The second-order valence-corrected chi connectivity index (χ2v) is 6.58. The zero-order valence-corrected chi connectivity index (χ0v) is 15.1. The molecule has 1 saturated heterocycles. The first kappa shape index (κ1) is 17.2. The molecule has 0 amide bonds. The fraction of sp³-hybridized carbons (Fsp3) is 0.389. The lowest BCUT2D eigenvalue weighted by molar-refractivity contribution is 0.0695. The number of nitriles is 1. The van der Waals surface area contributed by atoms with Crippen LogP contribution in [0.1, 0.15) is 30.1 Å². The number of nitrogens with zero attached hydrogens (tertiary/aromatic N) is 6. The highest BCUT2D eigenvalue weighted by Crippen LogP contribution is 2.24. The Hall–Kier alpha value is -3.25. The van der Waals surface area contributed by atoms with Gasteiger partial charge in [0.25, 0.3) is 0 Å². The highest BCUT2D eigenvalue weighted by Gasteiger charge is 2.23. The molecule has 1 N–H and O–H groups in total. The third-order valence-corrected chi connectivity index (χ3v) is 4.86. The average molecular weight is 365 g/mol. The summed E-state index contributed by atoms with van der Waals surface area (Å²) in [6.45, 7) is 3.16. The summed E-state index contributed by atoms with van der Waals surface area (Å²) in [5.74, 6) is 0.378. The Bertz CT molecular complexity index is 1100. The molecule has 27 heavy (non-hydrogen) atoms. The van der Waals surface area contributed by atoms with E-state index in [1.807, 2.05) is 13.0 Å². The first-order valence-corrected chi connectivity index (χ1v) is 8.74. The van der Waals surface area contributed by atoms with Crippen LogP contribution in [0.15, 0.2) is 23.3 Å². The van der Waals surface area contributed by atoms with Crippen LogP contribution in [0.25, 0.3) is 11.2 Å². The predicted molar refractivity (Wildman–Crippen MR) is 98.8 cm³/mol. The summed E-state index contributed by atoms with van der Waals surface area (Å²) in [7, 11) is 1.73. The molecule has 0 aliphatic carbocycles. The van der Waals surface area contributed by atoms with Gasteiger partial charge in [0, 0.05) is 26.3 Å². The number of pyridine rings is 1. The zero-order chi connectivity index (χ0) is 19.0. The van der Waals surface area contributed by atoms with Crippen LogP contribution in [0.3, 0.4) is 0 Å². The summed E-state index contributed by atoms with van der Waals surface area (Å²) in [6, 6.07) is 3.78. The van der Waals surface area contributed by atoms with Crippen LogP contribution in [0.4, 0.5) is 11.6 Å². The van der Waals surface area contributed by atoms with E-state index in [0.717, 1.165) is 18.4 Å². The Morgan fingerprint density at radius 3 is 2.78 bits per heavy atom. The molecule has 0 aromatic carbocycles. The van der Waals surface area contributed by atoms with Crippen molar-refractivity contribution in [1.82, 2.24) is 24.1 Å². The highest BCUT2D eigenvalue weighted by atomic mass is 16.5. The van der Waals surface area contributed by atoms with Gasteiger partial charge in [0.2, 0.25) is 5.95 Å². The van der Waals surface area contributed by atoms with Crippen molar-refractivity contribution in [3.8, 4) is 6.07 Å². The molecule has 3 aromatic rings. The molecule has 0 bridgehead atoms. The Kier molecular flexibility index (Phi) is 4.33. The van der Waals surface area contributed by atoms with Gasteiger partial charge < -0.3 is 10.1 Å². The van der Waals surface area contributed by atoms with Crippen molar-refractivity contribution < 1.29 is 4.74 Å². The lowest BCUT2D eigenvalue weighted by atomic mass is 10.1. The highest BCUT2D eigenvalue weighted by molar-refractivity contribution is 5.73. The smallest absolute Gasteiger partial charge is 0.330 e. The van der Waals surface area contributed by atoms with Crippen molar-refractivity contribution >= 4 is 22.8 Å². The quantitative estimate of drug-likeness (QED) is 0.753. The van der Waals surface area contributed by atoms with Gasteiger partial charge >= 0.3 is 5.69 Å². The van der Waals surface area contributed by atoms with E-state index >= 15 is 0 Å². The molecule has 0 atom stereocenters. The number of hydrogen-bond donors (Lipinski definition) is 1. The first-order chi connectivity index (χ1) is 13.1. The average Bonchev–Trinajstić information content (AvgIpc) is 2.94. The fourth-order valence-electron chi connectivity index (χ4n) is 3.34. The molecule has 0 unspecified atom stereocenters. The van der Waals surface area contributed by atoms with Crippen molar-refractivity contribution in [2.45, 2.75) is 25.8 Å². The number of rotatable bonds is 3. The Morgan fingerprint density at radius 1 is 1.30 bits per heavy atom. The minimum absolute atomic E-state index is 0.0658. The number of aromatic nitrogens is 5. The molecule has 3 aromatic heterocycles. The van der Waals surface area contributed by atoms with E-state index < -0.39 is 0 Å². The predicted octanol–water partition coefficient (Wildman–Crippen LogP) is 1.80. The summed E-state index contributed by atoms with van der Waals surface area (Å²) in [5.41, 5.74) is 3.12. The Labute approximate surface area is 155 Å². The van der Waals surface area contributed by atoms with Gasteiger partial charge in [0.05, 0.1) is 18.1 Å². The summed E-state index contributed by atoms with van der Waals surface area (Å²) in [6.07, 6.45) is 4.79. The second kappa shape index (κ2) is 6.81. The number of hydrogen-bond acceptors (Lipinski definition) is 7. The maximum absolute atomic E-state index is 12.7. The van der Waals surface area contributed by atoms with Crippen molar-refractivity contribution in [3.05, 3.63) is 40.2 Å². The van der Waals surface area contributed by atoms with Crippen LogP contribution < -0.4 is 11.0 Å². The molecule has 1 fully saturated rings. The Morgan fingerprint density at radius 2 is 2.07 bits per heavy atom. The van der Waals surface area contributed by atoms with Gasteiger partial charge in [0.1, 0.15) is 17.3 Å². The van der Waals surface area contributed by atoms with Crippen LogP contribution in [-0.4, -0.2) is 37.3 Å². The molecule has 9 nitrogen and oxygen atoms in total. The number of aryl methyl sites for hydroxylation is 2. The fourth-order valence-corrected chi connectivity index (χ4v) is 3.34. The number of imidazole rings is 1. The minimum atomic E-state index is -0.0976. The largest absolute Gasteiger partial charge is 0.381 e. The molecule has 138 valence electrons.